The van der Waals surface area contributed by atoms with Gasteiger partial charge in [0, 0.05) is 36.6 Å². The molecule has 4 rings (SSSR count). The minimum Gasteiger partial charge on any atom is -0.344 e. The van der Waals surface area contributed by atoms with Crippen LogP contribution < -0.4 is 0 Å². The largest absolute Gasteiger partial charge is 0.344 e. The van der Waals surface area contributed by atoms with Gasteiger partial charge in [0.1, 0.15) is 0 Å². The number of hydrogen-bond acceptors (Lipinski definition) is 1. The van der Waals surface area contributed by atoms with E-state index in [0.29, 0.717) is 6.04 Å². The fourth-order valence-electron chi connectivity index (χ4n) is 4.10. The van der Waals surface area contributed by atoms with Crippen molar-refractivity contribution in [2.45, 2.75) is 45.8 Å². The summed E-state index contributed by atoms with van der Waals surface area (Å²) in [5.41, 5.74) is 7.36. The smallest absolute Gasteiger partial charge is 0.0515 e. The standard InChI is InChI=1S/C22H26N2/c1-16-8-7-11-19-20-15-23(3)17(2)14-21(20)24(22(16)19)13-12-18-9-5-4-6-10-18/h4-11,17H,12-15H2,1-3H3. The third-order valence-corrected chi connectivity index (χ3v) is 5.62. The van der Waals surface area contributed by atoms with E-state index in [0.717, 1.165) is 25.9 Å². The zero-order valence-corrected chi connectivity index (χ0v) is 14.9. The SMILES string of the molecule is Cc1cccc2c3c(n(CCc4ccccc4)c12)CC(C)N(C)C3. The number of rotatable bonds is 3. The highest BCUT2D eigenvalue weighted by atomic mass is 15.1. The van der Waals surface area contributed by atoms with E-state index in [1.807, 2.05) is 0 Å². The van der Waals surface area contributed by atoms with Gasteiger partial charge >= 0.3 is 0 Å². The van der Waals surface area contributed by atoms with Crippen LogP contribution in [0, 0.1) is 6.92 Å². The number of fused-ring (bicyclic) bond motifs is 3. The molecule has 0 spiro atoms. The predicted molar refractivity (Wildman–Crippen MR) is 101 cm³/mol. The quantitative estimate of drug-likeness (QED) is 0.687. The van der Waals surface area contributed by atoms with Gasteiger partial charge in [-0.3, -0.25) is 4.90 Å². The molecule has 1 aliphatic heterocycles. The molecular weight excluding hydrogens is 292 g/mol. The lowest BCUT2D eigenvalue weighted by Gasteiger charge is -2.31. The Labute approximate surface area is 144 Å². The van der Waals surface area contributed by atoms with Gasteiger partial charge in [-0.1, -0.05) is 48.5 Å². The topological polar surface area (TPSA) is 8.17 Å². The average molecular weight is 318 g/mol. The van der Waals surface area contributed by atoms with Gasteiger partial charge in [0.05, 0.1) is 5.52 Å². The van der Waals surface area contributed by atoms with Crippen LogP contribution in [-0.2, 0) is 25.9 Å². The zero-order chi connectivity index (χ0) is 16.7. The Morgan fingerprint density at radius 1 is 1.04 bits per heavy atom. The predicted octanol–water partition coefficient (Wildman–Crippen LogP) is 4.57. The lowest BCUT2D eigenvalue weighted by atomic mass is 9.99. The lowest BCUT2D eigenvalue weighted by molar-refractivity contribution is 0.228. The summed E-state index contributed by atoms with van der Waals surface area (Å²) in [6.45, 7) is 6.72. The second-order valence-electron chi connectivity index (χ2n) is 7.25. The van der Waals surface area contributed by atoms with E-state index in [1.165, 1.54) is 22.0 Å². The monoisotopic (exact) mass is 318 g/mol. The van der Waals surface area contributed by atoms with Crippen LogP contribution >= 0.6 is 0 Å². The van der Waals surface area contributed by atoms with E-state index in [1.54, 1.807) is 11.3 Å². The number of aromatic nitrogens is 1. The van der Waals surface area contributed by atoms with Gasteiger partial charge in [0.15, 0.2) is 0 Å². The second-order valence-corrected chi connectivity index (χ2v) is 7.25. The third kappa shape index (κ3) is 2.55. The Morgan fingerprint density at radius 3 is 2.62 bits per heavy atom. The molecule has 0 radical (unpaired) electrons. The second kappa shape index (κ2) is 6.10. The number of para-hydroxylation sites is 1. The van der Waals surface area contributed by atoms with Crippen molar-refractivity contribution in [1.82, 2.24) is 9.47 Å². The Hall–Kier alpha value is -2.06. The first-order valence-electron chi connectivity index (χ1n) is 8.99. The third-order valence-electron chi connectivity index (χ3n) is 5.62. The van der Waals surface area contributed by atoms with Crippen molar-refractivity contribution < 1.29 is 0 Å². The first kappa shape index (κ1) is 15.5. The molecule has 24 heavy (non-hydrogen) atoms. The van der Waals surface area contributed by atoms with Gasteiger partial charge < -0.3 is 4.57 Å². The van der Waals surface area contributed by atoms with E-state index in [-0.39, 0.29) is 0 Å². The fraction of sp³-hybridized carbons (Fsp3) is 0.364. The van der Waals surface area contributed by atoms with Crippen LogP contribution in [0.2, 0.25) is 0 Å². The van der Waals surface area contributed by atoms with Crippen LogP contribution in [0.25, 0.3) is 10.9 Å². The number of aryl methyl sites for hydroxylation is 3. The number of hydrogen-bond donors (Lipinski definition) is 0. The van der Waals surface area contributed by atoms with E-state index < -0.39 is 0 Å². The normalized spacial score (nSPS) is 18.0. The van der Waals surface area contributed by atoms with Crippen molar-refractivity contribution >= 4 is 10.9 Å². The summed E-state index contributed by atoms with van der Waals surface area (Å²) in [6.07, 6.45) is 2.24. The molecule has 0 aliphatic carbocycles. The van der Waals surface area contributed by atoms with E-state index in [9.17, 15) is 0 Å². The van der Waals surface area contributed by atoms with Crippen LogP contribution in [0.4, 0.5) is 0 Å². The van der Waals surface area contributed by atoms with Crippen LogP contribution in [-0.4, -0.2) is 22.6 Å². The van der Waals surface area contributed by atoms with Gasteiger partial charge in [-0.05, 0) is 44.0 Å². The highest BCUT2D eigenvalue weighted by Crippen LogP contribution is 2.34. The van der Waals surface area contributed by atoms with Gasteiger partial charge in [-0.2, -0.15) is 0 Å². The maximum atomic E-state index is 2.61. The van der Waals surface area contributed by atoms with E-state index in [2.05, 4.69) is 78.9 Å². The van der Waals surface area contributed by atoms with Crippen molar-refractivity contribution in [2.24, 2.45) is 0 Å². The molecule has 3 aromatic rings. The first-order chi connectivity index (χ1) is 11.6. The van der Waals surface area contributed by atoms with Crippen molar-refractivity contribution in [1.29, 1.82) is 0 Å². The molecule has 2 heterocycles. The Morgan fingerprint density at radius 2 is 1.83 bits per heavy atom. The summed E-state index contributed by atoms with van der Waals surface area (Å²) < 4.78 is 2.61. The van der Waals surface area contributed by atoms with Crippen LogP contribution in [0.3, 0.4) is 0 Å². The molecule has 124 valence electrons. The summed E-state index contributed by atoms with van der Waals surface area (Å²) in [4.78, 5) is 2.48. The summed E-state index contributed by atoms with van der Waals surface area (Å²) in [6, 6.07) is 18.2. The molecule has 2 heteroatoms. The molecule has 1 unspecified atom stereocenters. The molecule has 1 aliphatic rings. The summed E-state index contributed by atoms with van der Waals surface area (Å²) in [5.74, 6) is 0. The van der Waals surface area contributed by atoms with Crippen LogP contribution in [0.5, 0.6) is 0 Å². The number of likely N-dealkylation sites (N-methyl/N-ethyl adjacent to an activating group) is 1. The van der Waals surface area contributed by atoms with Crippen LogP contribution in [0.15, 0.2) is 48.5 Å². The van der Waals surface area contributed by atoms with Gasteiger partial charge in [0.2, 0.25) is 0 Å². The number of benzene rings is 2. The molecular formula is C22H26N2. The van der Waals surface area contributed by atoms with Gasteiger partial charge in [0.25, 0.3) is 0 Å². The molecule has 1 aromatic heterocycles. The lowest BCUT2D eigenvalue weighted by Crippen LogP contribution is -2.35. The van der Waals surface area contributed by atoms with Crippen molar-refractivity contribution in [3.8, 4) is 0 Å². The minimum atomic E-state index is 0.609. The highest BCUT2D eigenvalue weighted by molar-refractivity contribution is 5.88. The van der Waals surface area contributed by atoms with Crippen LogP contribution in [0.1, 0.15) is 29.3 Å². The highest BCUT2D eigenvalue weighted by Gasteiger charge is 2.26. The van der Waals surface area contributed by atoms with Crippen molar-refractivity contribution in [3.63, 3.8) is 0 Å². The zero-order valence-electron chi connectivity index (χ0n) is 14.9. The molecule has 1 atom stereocenters. The summed E-state index contributed by atoms with van der Waals surface area (Å²) in [7, 11) is 2.25. The molecule has 2 aromatic carbocycles. The molecule has 0 saturated carbocycles. The molecule has 0 fully saturated rings. The fourth-order valence-corrected chi connectivity index (χ4v) is 4.10. The van der Waals surface area contributed by atoms with E-state index in [4.69, 9.17) is 0 Å². The van der Waals surface area contributed by atoms with Gasteiger partial charge in [-0.15, -0.1) is 0 Å². The molecule has 0 N–H and O–H groups in total. The molecule has 0 saturated heterocycles. The molecule has 0 amide bonds. The summed E-state index contributed by atoms with van der Waals surface area (Å²) in [5, 5.41) is 1.46. The van der Waals surface area contributed by atoms with Crippen molar-refractivity contribution in [2.75, 3.05) is 7.05 Å². The maximum Gasteiger partial charge on any atom is 0.0515 e. The summed E-state index contributed by atoms with van der Waals surface area (Å²) >= 11 is 0. The maximum absolute atomic E-state index is 2.61. The average Bonchev–Trinajstić information content (AvgIpc) is 2.89. The first-order valence-corrected chi connectivity index (χ1v) is 8.99. The van der Waals surface area contributed by atoms with Gasteiger partial charge in [-0.25, -0.2) is 0 Å². The Bertz CT molecular complexity index is 861. The van der Waals surface area contributed by atoms with E-state index >= 15 is 0 Å². The molecule has 0 bridgehead atoms. The number of nitrogens with zero attached hydrogens (tertiary/aromatic N) is 2. The Balaban J connectivity index is 1.80. The van der Waals surface area contributed by atoms with Crippen molar-refractivity contribution in [3.05, 3.63) is 70.9 Å². The minimum absolute atomic E-state index is 0.609. The Kier molecular flexibility index (Phi) is 3.93. The molecule has 2 nitrogen and oxygen atoms in total.